The normalized spacial score (nSPS) is 12.5. The predicted octanol–water partition coefficient (Wildman–Crippen LogP) is 1.15. The second-order valence-electron chi connectivity index (χ2n) is 3.05. The first-order valence-corrected chi connectivity index (χ1v) is 4.70. The third-order valence-electron chi connectivity index (χ3n) is 1.96. The maximum atomic E-state index is 12.5. The average Bonchev–Trinajstić information content (AvgIpc) is 2.20. The fraction of sp³-hybridized carbons (Fsp3) is 0.556. The molecule has 0 aliphatic carbocycles. The van der Waals surface area contributed by atoms with Gasteiger partial charge < -0.3 is 11.1 Å². The van der Waals surface area contributed by atoms with Crippen LogP contribution in [0, 0.1) is 5.82 Å². The van der Waals surface area contributed by atoms with E-state index in [1.54, 1.807) is 0 Å². The summed E-state index contributed by atoms with van der Waals surface area (Å²) >= 11 is 0. The largest absolute Gasteiger partial charge is 0.351 e. The van der Waals surface area contributed by atoms with E-state index >= 15 is 0 Å². The van der Waals surface area contributed by atoms with E-state index in [0.29, 0.717) is 12.5 Å². The lowest BCUT2D eigenvalue weighted by molar-refractivity contribution is 0.607. The van der Waals surface area contributed by atoms with Crippen LogP contribution < -0.4 is 11.1 Å². The Balaban J connectivity index is 2.53. The molecule has 1 unspecified atom stereocenters. The van der Waals surface area contributed by atoms with E-state index in [1.807, 2.05) is 0 Å². The minimum atomic E-state index is -0.428. The third-order valence-corrected chi connectivity index (χ3v) is 1.96. The summed E-state index contributed by atoms with van der Waals surface area (Å²) in [4.78, 5) is 7.62. The molecule has 78 valence electrons. The summed E-state index contributed by atoms with van der Waals surface area (Å²) < 4.78 is 12.5. The number of nitrogens with two attached hydrogens (primary N) is 1. The van der Waals surface area contributed by atoms with Crippen LogP contribution in [0.25, 0.3) is 0 Å². The van der Waals surface area contributed by atoms with Crippen LogP contribution in [0.15, 0.2) is 12.4 Å². The van der Waals surface area contributed by atoms with Gasteiger partial charge in [-0.3, -0.25) is 0 Å². The Morgan fingerprint density at radius 2 is 2.14 bits per heavy atom. The molecule has 0 aliphatic rings. The van der Waals surface area contributed by atoms with Crippen LogP contribution in [-0.4, -0.2) is 22.6 Å². The van der Waals surface area contributed by atoms with Gasteiger partial charge >= 0.3 is 0 Å². The molecule has 0 fully saturated rings. The van der Waals surface area contributed by atoms with Gasteiger partial charge in [-0.25, -0.2) is 14.4 Å². The molecule has 1 aromatic rings. The number of hydrogen-bond acceptors (Lipinski definition) is 4. The zero-order valence-electron chi connectivity index (χ0n) is 8.20. The van der Waals surface area contributed by atoms with Crippen LogP contribution in [0.2, 0.25) is 0 Å². The van der Waals surface area contributed by atoms with E-state index < -0.39 is 5.82 Å². The molecule has 0 saturated heterocycles. The summed E-state index contributed by atoms with van der Waals surface area (Å²) in [5, 5.41) is 3.09. The highest BCUT2D eigenvalue weighted by atomic mass is 19.1. The number of hydrogen-bond donors (Lipinski definition) is 2. The van der Waals surface area contributed by atoms with Crippen molar-refractivity contribution in [3.63, 3.8) is 0 Å². The number of anilines is 1. The van der Waals surface area contributed by atoms with Crippen molar-refractivity contribution in [1.29, 1.82) is 0 Å². The van der Waals surface area contributed by atoms with E-state index in [2.05, 4.69) is 22.2 Å². The molecule has 0 saturated carbocycles. The van der Waals surface area contributed by atoms with Crippen LogP contribution in [0.1, 0.15) is 19.8 Å². The predicted molar refractivity (Wildman–Crippen MR) is 53.4 cm³/mol. The third kappa shape index (κ3) is 3.26. The summed E-state index contributed by atoms with van der Waals surface area (Å²) in [7, 11) is 0. The summed E-state index contributed by atoms with van der Waals surface area (Å²) in [5.41, 5.74) is 5.44. The lowest BCUT2D eigenvalue weighted by Crippen LogP contribution is -2.23. The summed E-state index contributed by atoms with van der Waals surface area (Å²) in [5.74, 6) is 0.0223. The lowest BCUT2D eigenvalue weighted by atomic mass is 10.1. The number of nitrogens with one attached hydrogen (secondary N) is 1. The molecule has 0 amide bonds. The van der Waals surface area contributed by atoms with Gasteiger partial charge in [-0.05, 0) is 19.4 Å². The van der Waals surface area contributed by atoms with Crippen LogP contribution in [-0.2, 0) is 0 Å². The quantitative estimate of drug-likeness (QED) is 0.745. The monoisotopic (exact) mass is 198 g/mol. The molecule has 0 aromatic carbocycles. The topological polar surface area (TPSA) is 63.8 Å². The second kappa shape index (κ2) is 5.49. The Labute approximate surface area is 82.8 Å². The summed E-state index contributed by atoms with van der Waals surface area (Å²) in [6.45, 7) is 2.67. The van der Waals surface area contributed by atoms with Crippen molar-refractivity contribution in [3.8, 4) is 0 Å². The van der Waals surface area contributed by atoms with Crippen molar-refractivity contribution >= 4 is 5.95 Å². The first kappa shape index (κ1) is 10.8. The number of aromatic nitrogens is 2. The fourth-order valence-electron chi connectivity index (χ4n) is 1.15. The smallest absolute Gasteiger partial charge is 0.222 e. The molecule has 0 radical (unpaired) electrons. The average molecular weight is 198 g/mol. The van der Waals surface area contributed by atoms with Crippen molar-refractivity contribution in [3.05, 3.63) is 18.2 Å². The zero-order chi connectivity index (χ0) is 10.4. The van der Waals surface area contributed by atoms with Crippen molar-refractivity contribution in [2.24, 2.45) is 5.73 Å². The molecule has 4 nitrogen and oxygen atoms in total. The summed E-state index contributed by atoms with van der Waals surface area (Å²) in [6, 6.07) is 0.255. The Morgan fingerprint density at radius 1 is 1.50 bits per heavy atom. The molecule has 3 N–H and O–H groups in total. The molecule has 1 rings (SSSR count). The molecule has 0 aliphatic heterocycles. The van der Waals surface area contributed by atoms with Crippen LogP contribution in [0.5, 0.6) is 0 Å². The molecule has 5 heteroatoms. The first-order chi connectivity index (χ1) is 6.76. The van der Waals surface area contributed by atoms with Crippen LogP contribution in [0.3, 0.4) is 0 Å². The van der Waals surface area contributed by atoms with Gasteiger partial charge in [-0.15, -0.1) is 0 Å². The maximum absolute atomic E-state index is 12.5. The standard InChI is InChI=1S/C9H15FN4/c1-2-8(3-4-11)14-9-12-5-7(10)6-13-9/h5-6,8H,2-4,11H2,1H3,(H,12,13,14). The van der Waals surface area contributed by atoms with E-state index in [4.69, 9.17) is 5.73 Å². The molecule has 14 heavy (non-hydrogen) atoms. The van der Waals surface area contributed by atoms with E-state index in [0.717, 1.165) is 25.2 Å². The molecule has 0 bridgehead atoms. The zero-order valence-corrected chi connectivity index (χ0v) is 8.20. The Bertz CT molecular complexity index is 262. The van der Waals surface area contributed by atoms with Crippen molar-refractivity contribution in [1.82, 2.24) is 9.97 Å². The molecule has 1 aromatic heterocycles. The molecular formula is C9H15FN4. The highest BCUT2D eigenvalue weighted by Crippen LogP contribution is 2.05. The van der Waals surface area contributed by atoms with Gasteiger partial charge in [0.25, 0.3) is 0 Å². The van der Waals surface area contributed by atoms with Gasteiger partial charge in [0.2, 0.25) is 5.95 Å². The van der Waals surface area contributed by atoms with Crippen molar-refractivity contribution in [2.75, 3.05) is 11.9 Å². The minimum absolute atomic E-state index is 0.255. The Kier molecular flexibility index (Phi) is 4.25. The number of rotatable bonds is 5. The van der Waals surface area contributed by atoms with Gasteiger partial charge in [0.15, 0.2) is 5.82 Å². The second-order valence-corrected chi connectivity index (χ2v) is 3.05. The minimum Gasteiger partial charge on any atom is -0.351 e. The molecule has 1 heterocycles. The Morgan fingerprint density at radius 3 is 2.64 bits per heavy atom. The van der Waals surface area contributed by atoms with Crippen LogP contribution >= 0.6 is 0 Å². The van der Waals surface area contributed by atoms with Gasteiger partial charge in [0.1, 0.15) is 0 Å². The van der Waals surface area contributed by atoms with E-state index in [9.17, 15) is 4.39 Å². The number of nitrogens with zero attached hydrogens (tertiary/aromatic N) is 2. The van der Waals surface area contributed by atoms with Crippen molar-refractivity contribution in [2.45, 2.75) is 25.8 Å². The van der Waals surface area contributed by atoms with Gasteiger partial charge in [-0.1, -0.05) is 6.92 Å². The fourth-order valence-corrected chi connectivity index (χ4v) is 1.15. The molecule has 1 atom stereocenters. The highest BCUT2D eigenvalue weighted by Gasteiger charge is 2.06. The maximum Gasteiger partial charge on any atom is 0.222 e. The van der Waals surface area contributed by atoms with Crippen molar-refractivity contribution < 1.29 is 4.39 Å². The van der Waals surface area contributed by atoms with E-state index in [-0.39, 0.29) is 6.04 Å². The Hall–Kier alpha value is -1.23. The highest BCUT2D eigenvalue weighted by molar-refractivity contribution is 5.24. The van der Waals surface area contributed by atoms with Crippen LogP contribution in [0.4, 0.5) is 10.3 Å². The first-order valence-electron chi connectivity index (χ1n) is 4.70. The lowest BCUT2D eigenvalue weighted by Gasteiger charge is -2.15. The SMILES string of the molecule is CCC(CCN)Nc1ncc(F)cn1. The van der Waals surface area contributed by atoms with E-state index in [1.165, 1.54) is 0 Å². The van der Waals surface area contributed by atoms with Gasteiger partial charge in [0, 0.05) is 6.04 Å². The van der Waals surface area contributed by atoms with Gasteiger partial charge in [0.05, 0.1) is 12.4 Å². The van der Waals surface area contributed by atoms with Gasteiger partial charge in [-0.2, -0.15) is 0 Å². The molecule has 0 spiro atoms. The number of halogens is 1. The molecular weight excluding hydrogens is 183 g/mol. The summed E-state index contributed by atoms with van der Waals surface area (Å²) in [6.07, 6.45) is 4.09.